The van der Waals surface area contributed by atoms with E-state index in [0.717, 1.165) is 12.1 Å². The lowest BCUT2D eigenvalue weighted by atomic mass is 9.75. The topological polar surface area (TPSA) is 24.9 Å². The van der Waals surface area contributed by atoms with Gasteiger partial charge in [-0.15, -0.1) is 0 Å². The number of hydrogen-bond acceptors (Lipinski definition) is 2. The predicted octanol–water partition coefficient (Wildman–Crippen LogP) is 4.71. The van der Waals surface area contributed by atoms with Crippen molar-refractivity contribution in [1.29, 1.82) is 0 Å². The number of benzene rings is 1. The Bertz CT molecular complexity index is 612. The average Bonchev–Trinajstić information content (AvgIpc) is 2.84. The van der Waals surface area contributed by atoms with Gasteiger partial charge in [-0.3, -0.25) is 4.98 Å². The highest BCUT2D eigenvalue weighted by Gasteiger charge is 2.40. The minimum Gasteiger partial charge on any atom is -0.310 e. The van der Waals surface area contributed by atoms with Crippen LogP contribution in [0, 0.1) is 11.3 Å². The molecule has 1 aliphatic rings. The van der Waals surface area contributed by atoms with Gasteiger partial charge in [0.1, 0.15) is 0 Å². The van der Waals surface area contributed by atoms with Crippen molar-refractivity contribution in [3.63, 3.8) is 0 Å². The van der Waals surface area contributed by atoms with Crippen LogP contribution >= 0.6 is 0 Å². The van der Waals surface area contributed by atoms with Crippen LogP contribution in [0.1, 0.15) is 51.6 Å². The zero-order valence-corrected chi connectivity index (χ0v) is 13.4. The number of pyridine rings is 1. The standard InChI is InChI=1S/C19H26N2/c1-4-20-18(16-11-6-12-19(16,2)3)15-10-5-8-14-9-7-13-21-17(14)15/h5,7-10,13,16,18,20H,4,6,11-12H2,1-3H3. The predicted molar refractivity (Wildman–Crippen MR) is 89.3 cm³/mol. The molecule has 2 heteroatoms. The fourth-order valence-corrected chi connectivity index (χ4v) is 4.04. The van der Waals surface area contributed by atoms with Crippen molar-refractivity contribution < 1.29 is 0 Å². The molecule has 2 atom stereocenters. The number of nitrogens with one attached hydrogen (secondary N) is 1. The van der Waals surface area contributed by atoms with E-state index in [1.807, 2.05) is 12.3 Å². The molecule has 0 spiro atoms. The molecule has 0 bridgehead atoms. The van der Waals surface area contributed by atoms with Gasteiger partial charge in [0.15, 0.2) is 0 Å². The van der Waals surface area contributed by atoms with Crippen molar-refractivity contribution in [2.45, 2.75) is 46.1 Å². The van der Waals surface area contributed by atoms with Gasteiger partial charge in [-0.2, -0.15) is 0 Å². The SMILES string of the molecule is CCNC(c1cccc2cccnc12)C1CCCC1(C)C. The number of rotatable bonds is 4. The van der Waals surface area contributed by atoms with E-state index >= 15 is 0 Å². The molecule has 1 N–H and O–H groups in total. The average molecular weight is 282 g/mol. The molecule has 1 heterocycles. The Morgan fingerprint density at radius 2 is 2.10 bits per heavy atom. The van der Waals surface area contributed by atoms with E-state index in [9.17, 15) is 0 Å². The maximum Gasteiger partial charge on any atom is 0.0749 e. The lowest BCUT2D eigenvalue weighted by Gasteiger charge is -2.35. The molecule has 1 aromatic heterocycles. The van der Waals surface area contributed by atoms with Crippen LogP contribution in [0.5, 0.6) is 0 Å². The molecule has 0 aliphatic heterocycles. The summed E-state index contributed by atoms with van der Waals surface area (Å²) in [6.07, 6.45) is 5.90. The molecular weight excluding hydrogens is 256 g/mol. The van der Waals surface area contributed by atoms with Crippen molar-refractivity contribution in [2.75, 3.05) is 6.54 Å². The van der Waals surface area contributed by atoms with Crippen LogP contribution in [0.15, 0.2) is 36.5 Å². The third-order valence-electron chi connectivity index (χ3n) is 5.17. The highest BCUT2D eigenvalue weighted by atomic mass is 14.9. The van der Waals surface area contributed by atoms with Crippen LogP contribution in [-0.2, 0) is 0 Å². The molecule has 2 aromatic rings. The summed E-state index contributed by atoms with van der Waals surface area (Å²) < 4.78 is 0. The van der Waals surface area contributed by atoms with Gasteiger partial charge in [-0.25, -0.2) is 0 Å². The van der Waals surface area contributed by atoms with Gasteiger partial charge >= 0.3 is 0 Å². The molecule has 1 saturated carbocycles. The van der Waals surface area contributed by atoms with Gasteiger partial charge in [-0.1, -0.05) is 51.5 Å². The van der Waals surface area contributed by atoms with E-state index in [1.54, 1.807) is 0 Å². The lowest BCUT2D eigenvalue weighted by Crippen LogP contribution is -2.34. The molecular formula is C19H26N2. The highest BCUT2D eigenvalue weighted by Crippen LogP contribution is 2.49. The second-order valence-electron chi connectivity index (χ2n) is 6.95. The quantitative estimate of drug-likeness (QED) is 0.878. The number of para-hydroxylation sites is 1. The van der Waals surface area contributed by atoms with E-state index in [0.29, 0.717) is 17.4 Å². The van der Waals surface area contributed by atoms with Crippen LogP contribution < -0.4 is 5.32 Å². The van der Waals surface area contributed by atoms with Gasteiger partial charge in [0.25, 0.3) is 0 Å². The van der Waals surface area contributed by atoms with Crippen molar-refractivity contribution in [2.24, 2.45) is 11.3 Å². The van der Waals surface area contributed by atoms with E-state index < -0.39 is 0 Å². The van der Waals surface area contributed by atoms with Crippen molar-refractivity contribution in [1.82, 2.24) is 10.3 Å². The van der Waals surface area contributed by atoms with Gasteiger partial charge in [0.2, 0.25) is 0 Å². The van der Waals surface area contributed by atoms with Crippen LogP contribution in [-0.4, -0.2) is 11.5 Å². The van der Waals surface area contributed by atoms with E-state index in [4.69, 9.17) is 0 Å². The summed E-state index contributed by atoms with van der Waals surface area (Å²) in [5.41, 5.74) is 2.94. The first-order valence-electron chi connectivity index (χ1n) is 8.20. The largest absolute Gasteiger partial charge is 0.310 e. The van der Waals surface area contributed by atoms with Crippen molar-refractivity contribution in [3.8, 4) is 0 Å². The maximum atomic E-state index is 4.66. The summed E-state index contributed by atoms with van der Waals surface area (Å²) in [6, 6.07) is 11.2. The summed E-state index contributed by atoms with van der Waals surface area (Å²) >= 11 is 0. The lowest BCUT2D eigenvalue weighted by molar-refractivity contribution is 0.200. The first-order valence-corrected chi connectivity index (χ1v) is 8.20. The van der Waals surface area contributed by atoms with Crippen LogP contribution in [0.3, 0.4) is 0 Å². The molecule has 112 valence electrons. The number of aromatic nitrogens is 1. The number of nitrogens with zero attached hydrogens (tertiary/aromatic N) is 1. The second kappa shape index (κ2) is 5.76. The molecule has 2 nitrogen and oxygen atoms in total. The molecule has 21 heavy (non-hydrogen) atoms. The molecule has 2 unspecified atom stereocenters. The van der Waals surface area contributed by atoms with Crippen LogP contribution in [0.2, 0.25) is 0 Å². The van der Waals surface area contributed by atoms with Crippen LogP contribution in [0.25, 0.3) is 10.9 Å². The van der Waals surface area contributed by atoms with Gasteiger partial charge in [-0.05, 0) is 42.3 Å². The number of fused-ring (bicyclic) bond motifs is 1. The zero-order chi connectivity index (χ0) is 14.9. The normalized spacial score (nSPS) is 22.5. The Morgan fingerprint density at radius 1 is 1.29 bits per heavy atom. The van der Waals surface area contributed by atoms with Crippen molar-refractivity contribution >= 4 is 10.9 Å². The smallest absolute Gasteiger partial charge is 0.0749 e. The van der Waals surface area contributed by atoms with Crippen molar-refractivity contribution in [3.05, 3.63) is 42.1 Å². The molecule has 0 amide bonds. The Morgan fingerprint density at radius 3 is 2.81 bits per heavy atom. The minimum atomic E-state index is 0.407. The highest BCUT2D eigenvalue weighted by molar-refractivity contribution is 5.82. The molecule has 0 radical (unpaired) electrons. The minimum absolute atomic E-state index is 0.407. The Hall–Kier alpha value is -1.41. The fraction of sp³-hybridized carbons (Fsp3) is 0.526. The first kappa shape index (κ1) is 14.5. The Labute approximate surface area is 128 Å². The molecule has 3 rings (SSSR count). The maximum absolute atomic E-state index is 4.66. The summed E-state index contributed by atoms with van der Waals surface area (Å²) in [6.45, 7) is 8.05. The summed E-state index contributed by atoms with van der Waals surface area (Å²) in [5, 5.41) is 4.99. The Kier molecular flexibility index (Phi) is 3.99. The summed E-state index contributed by atoms with van der Waals surface area (Å²) in [4.78, 5) is 4.66. The molecule has 1 fully saturated rings. The fourth-order valence-electron chi connectivity index (χ4n) is 4.04. The third kappa shape index (κ3) is 2.69. The zero-order valence-electron chi connectivity index (χ0n) is 13.4. The van der Waals surface area contributed by atoms with E-state index in [1.165, 1.54) is 30.2 Å². The molecule has 0 saturated heterocycles. The summed E-state index contributed by atoms with van der Waals surface area (Å²) in [7, 11) is 0. The van der Waals surface area contributed by atoms with Gasteiger partial charge < -0.3 is 5.32 Å². The van der Waals surface area contributed by atoms with Gasteiger partial charge in [0, 0.05) is 17.6 Å². The van der Waals surface area contributed by atoms with E-state index in [-0.39, 0.29) is 0 Å². The Balaban J connectivity index is 2.07. The molecule has 1 aromatic carbocycles. The third-order valence-corrected chi connectivity index (χ3v) is 5.17. The van der Waals surface area contributed by atoms with E-state index in [2.05, 4.69) is 55.3 Å². The first-order chi connectivity index (χ1) is 10.1. The van der Waals surface area contributed by atoms with Gasteiger partial charge in [0.05, 0.1) is 5.52 Å². The monoisotopic (exact) mass is 282 g/mol. The van der Waals surface area contributed by atoms with Crippen LogP contribution in [0.4, 0.5) is 0 Å². The molecule has 1 aliphatic carbocycles. The second-order valence-corrected chi connectivity index (χ2v) is 6.95. The summed E-state index contributed by atoms with van der Waals surface area (Å²) in [5.74, 6) is 0.685. The number of hydrogen-bond donors (Lipinski definition) is 1.